The van der Waals surface area contributed by atoms with Crippen molar-refractivity contribution >= 4 is 5.91 Å². The van der Waals surface area contributed by atoms with Crippen LogP contribution in [0.3, 0.4) is 0 Å². The molecule has 0 N–H and O–H groups in total. The number of benzene rings is 1. The molecule has 1 aromatic carbocycles. The van der Waals surface area contributed by atoms with Gasteiger partial charge in [-0.3, -0.25) is 4.79 Å². The quantitative estimate of drug-likeness (QED) is 0.847. The second-order valence-corrected chi connectivity index (χ2v) is 4.31. The van der Waals surface area contributed by atoms with Crippen LogP contribution in [0.5, 0.6) is 5.75 Å². The first-order chi connectivity index (χ1) is 9.15. The average molecular weight is 259 g/mol. The lowest BCUT2D eigenvalue weighted by Gasteiger charge is -2.25. The number of nitrogens with zero attached hydrogens (tertiary/aromatic N) is 1. The van der Waals surface area contributed by atoms with Gasteiger partial charge in [-0.15, -0.1) is 0 Å². The second-order valence-electron chi connectivity index (χ2n) is 4.31. The number of carbonyl (C=O) groups excluding carboxylic acids is 1. The summed E-state index contributed by atoms with van der Waals surface area (Å²) in [5.41, 5.74) is 0.965. The number of methoxy groups -OCH3 is 1. The van der Waals surface area contributed by atoms with Gasteiger partial charge in [0.05, 0.1) is 19.4 Å². The maximum Gasteiger partial charge on any atom is 0.289 e. The molecule has 1 heterocycles. The van der Waals surface area contributed by atoms with Crippen molar-refractivity contribution in [2.24, 2.45) is 0 Å². The molecule has 2 rings (SSSR count). The summed E-state index contributed by atoms with van der Waals surface area (Å²) in [6.45, 7) is 1.96. The van der Waals surface area contributed by atoms with E-state index < -0.39 is 0 Å². The molecule has 100 valence electrons. The lowest BCUT2D eigenvalue weighted by atomic mass is 10.1. The van der Waals surface area contributed by atoms with E-state index in [1.54, 1.807) is 31.2 Å². The van der Waals surface area contributed by atoms with Gasteiger partial charge < -0.3 is 14.1 Å². The fourth-order valence-corrected chi connectivity index (χ4v) is 1.97. The zero-order valence-corrected chi connectivity index (χ0v) is 11.3. The smallest absolute Gasteiger partial charge is 0.289 e. The molecule has 4 nitrogen and oxygen atoms in total. The van der Waals surface area contributed by atoms with Gasteiger partial charge in [0.25, 0.3) is 5.91 Å². The number of hydrogen-bond acceptors (Lipinski definition) is 3. The number of ether oxygens (including phenoxy) is 1. The van der Waals surface area contributed by atoms with Gasteiger partial charge in [0.2, 0.25) is 0 Å². The maximum atomic E-state index is 12.2. The zero-order chi connectivity index (χ0) is 13.8. The summed E-state index contributed by atoms with van der Waals surface area (Å²) in [4.78, 5) is 13.8. The van der Waals surface area contributed by atoms with Crippen molar-refractivity contribution in [3.05, 3.63) is 54.0 Å². The third kappa shape index (κ3) is 2.62. The number of para-hydroxylation sites is 1. The Labute approximate surface area is 112 Å². The van der Waals surface area contributed by atoms with Gasteiger partial charge >= 0.3 is 0 Å². The van der Waals surface area contributed by atoms with Crippen molar-refractivity contribution in [2.45, 2.75) is 13.0 Å². The van der Waals surface area contributed by atoms with E-state index in [-0.39, 0.29) is 11.9 Å². The lowest BCUT2D eigenvalue weighted by molar-refractivity contribution is 0.0709. The van der Waals surface area contributed by atoms with Crippen molar-refractivity contribution in [3.63, 3.8) is 0 Å². The van der Waals surface area contributed by atoms with Crippen molar-refractivity contribution in [2.75, 3.05) is 14.2 Å². The summed E-state index contributed by atoms with van der Waals surface area (Å²) in [7, 11) is 3.38. The molecule has 0 radical (unpaired) electrons. The molecule has 2 aromatic rings. The summed E-state index contributed by atoms with van der Waals surface area (Å²) in [5, 5.41) is 0. The molecule has 0 saturated carbocycles. The van der Waals surface area contributed by atoms with Crippen LogP contribution in [0.25, 0.3) is 0 Å². The minimum atomic E-state index is -0.150. The van der Waals surface area contributed by atoms with Crippen LogP contribution in [0.4, 0.5) is 0 Å². The van der Waals surface area contributed by atoms with Gasteiger partial charge in [0.1, 0.15) is 5.75 Å². The Morgan fingerprint density at radius 1 is 1.26 bits per heavy atom. The Hall–Kier alpha value is -2.23. The maximum absolute atomic E-state index is 12.2. The van der Waals surface area contributed by atoms with E-state index in [0.29, 0.717) is 5.76 Å². The first kappa shape index (κ1) is 13.2. The number of furan rings is 1. The molecule has 1 unspecified atom stereocenters. The highest BCUT2D eigenvalue weighted by molar-refractivity contribution is 5.91. The normalized spacial score (nSPS) is 11.9. The Morgan fingerprint density at radius 2 is 2.00 bits per heavy atom. The van der Waals surface area contributed by atoms with E-state index in [4.69, 9.17) is 9.15 Å². The van der Waals surface area contributed by atoms with Crippen LogP contribution in [0.15, 0.2) is 47.1 Å². The third-order valence-corrected chi connectivity index (χ3v) is 3.22. The molecule has 0 fully saturated rings. The van der Waals surface area contributed by atoms with Crippen LogP contribution in [0.1, 0.15) is 29.1 Å². The van der Waals surface area contributed by atoms with Crippen LogP contribution in [0, 0.1) is 0 Å². The molecule has 0 saturated heterocycles. The van der Waals surface area contributed by atoms with Crippen LogP contribution < -0.4 is 4.74 Å². The first-order valence-electron chi connectivity index (χ1n) is 6.08. The monoisotopic (exact) mass is 259 g/mol. The largest absolute Gasteiger partial charge is 0.496 e. The Morgan fingerprint density at radius 3 is 2.63 bits per heavy atom. The van der Waals surface area contributed by atoms with E-state index in [1.165, 1.54) is 6.26 Å². The van der Waals surface area contributed by atoms with Gasteiger partial charge in [0, 0.05) is 12.6 Å². The van der Waals surface area contributed by atoms with Gasteiger partial charge in [-0.2, -0.15) is 0 Å². The van der Waals surface area contributed by atoms with Gasteiger partial charge in [-0.05, 0) is 25.1 Å². The van der Waals surface area contributed by atoms with E-state index in [0.717, 1.165) is 11.3 Å². The molecule has 1 atom stereocenters. The van der Waals surface area contributed by atoms with Gasteiger partial charge in [-0.1, -0.05) is 18.2 Å². The molecule has 0 bridgehead atoms. The minimum absolute atomic E-state index is 0.103. The van der Waals surface area contributed by atoms with Gasteiger partial charge in [-0.25, -0.2) is 0 Å². The van der Waals surface area contributed by atoms with Crippen LogP contribution in [-0.4, -0.2) is 25.0 Å². The van der Waals surface area contributed by atoms with Crippen molar-refractivity contribution in [3.8, 4) is 5.75 Å². The molecule has 4 heteroatoms. The molecule has 0 aliphatic carbocycles. The highest BCUT2D eigenvalue weighted by Gasteiger charge is 2.22. The van der Waals surface area contributed by atoms with E-state index in [1.807, 2.05) is 31.2 Å². The van der Waals surface area contributed by atoms with Crippen LogP contribution >= 0.6 is 0 Å². The number of hydrogen-bond donors (Lipinski definition) is 0. The summed E-state index contributed by atoms with van der Waals surface area (Å²) in [6, 6.07) is 10.9. The zero-order valence-electron chi connectivity index (χ0n) is 11.3. The molecule has 1 aromatic heterocycles. The number of amides is 1. The Kier molecular flexibility index (Phi) is 3.90. The Balaban J connectivity index is 2.23. The minimum Gasteiger partial charge on any atom is -0.496 e. The molecule has 0 aliphatic heterocycles. The standard InChI is InChI=1S/C15H17NO3/c1-11(12-7-4-5-8-13(12)18-3)16(2)15(17)14-9-6-10-19-14/h4-11H,1-3H3. The second kappa shape index (κ2) is 5.61. The summed E-state index contributed by atoms with van der Waals surface area (Å²) < 4.78 is 10.5. The molecule has 0 aliphatic rings. The number of carbonyl (C=O) groups is 1. The fourth-order valence-electron chi connectivity index (χ4n) is 1.97. The SMILES string of the molecule is COc1ccccc1C(C)N(C)C(=O)c1ccco1. The fraction of sp³-hybridized carbons (Fsp3) is 0.267. The van der Waals surface area contributed by atoms with Crippen molar-refractivity contribution in [1.82, 2.24) is 4.90 Å². The lowest BCUT2D eigenvalue weighted by Crippen LogP contribution is -2.29. The van der Waals surface area contributed by atoms with E-state index >= 15 is 0 Å². The molecule has 1 amide bonds. The van der Waals surface area contributed by atoms with E-state index in [9.17, 15) is 4.79 Å². The van der Waals surface area contributed by atoms with Gasteiger partial charge in [0.15, 0.2) is 5.76 Å². The molecular weight excluding hydrogens is 242 g/mol. The summed E-state index contributed by atoms with van der Waals surface area (Å²) in [5.74, 6) is 0.960. The molecular formula is C15H17NO3. The summed E-state index contributed by atoms with van der Waals surface area (Å²) >= 11 is 0. The highest BCUT2D eigenvalue weighted by atomic mass is 16.5. The molecule has 19 heavy (non-hydrogen) atoms. The van der Waals surface area contributed by atoms with E-state index in [2.05, 4.69) is 0 Å². The average Bonchev–Trinajstić information content (AvgIpc) is 2.99. The predicted molar refractivity (Wildman–Crippen MR) is 72.2 cm³/mol. The topological polar surface area (TPSA) is 42.7 Å². The van der Waals surface area contributed by atoms with Crippen LogP contribution in [0.2, 0.25) is 0 Å². The van der Waals surface area contributed by atoms with Crippen molar-refractivity contribution < 1.29 is 13.9 Å². The summed E-state index contributed by atoms with van der Waals surface area (Å²) in [6.07, 6.45) is 1.49. The molecule has 0 spiro atoms. The van der Waals surface area contributed by atoms with Crippen LogP contribution in [-0.2, 0) is 0 Å². The number of rotatable bonds is 4. The van der Waals surface area contributed by atoms with Crippen molar-refractivity contribution in [1.29, 1.82) is 0 Å². The first-order valence-corrected chi connectivity index (χ1v) is 6.08. The Bertz CT molecular complexity index is 548. The third-order valence-electron chi connectivity index (χ3n) is 3.22. The highest BCUT2D eigenvalue weighted by Crippen LogP contribution is 2.28. The predicted octanol–water partition coefficient (Wildman–Crippen LogP) is 3.12.